The first-order valence-electron chi connectivity index (χ1n) is 5.75. The van der Waals surface area contributed by atoms with Crippen LogP contribution in [0.1, 0.15) is 18.6 Å². The molecule has 1 aliphatic rings. The van der Waals surface area contributed by atoms with Crippen LogP contribution in [0.15, 0.2) is 12.1 Å². The Hall–Kier alpha value is -1.44. The van der Waals surface area contributed by atoms with Crippen LogP contribution in [0.2, 0.25) is 5.02 Å². The van der Waals surface area contributed by atoms with Crippen LogP contribution in [0.3, 0.4) is 0 Å². The number of carbonyl (C=O) groups is 1. The molecule has 0 fully saturated rings. The maximum Gasteiger partial charge on any atom is 0.495 e. The molecule has 1 heterocycles. The number of benzene rings is 1. The Morgan fingerprint density at radius 3 is 3.00 bits per heavy atom. The van der Waals surface area contributed by atoms with E-state index < -0.39 is 19.3 Å². The molecule has 0 aromatic heterocycles. The van der Waals surface area contributed by atoms with Gasteiger partial charge in [0.05, 0.1) is 6.61 Å². The topological polar surface area (TPSA) is 91.0 Å². The van der Waals surface area contributed by atoms with Crippen LogP contribution >= 0.6 is 11.6 Å². The van der Waals surface area contributed by atoms with Crippen LogP contribution in [0.4, 0.5) is 4.79 Å². The summed E-state index contributed by atoms with van der Waals surface area (Å²) in [5.74, 6) is 0.496. The zero-order valence-electron chi connectivity index (χ0n) is 10.3. The number of fused-ring (bicyclic) bond motifs is 1. The van der Waals surface area contributed by atoms with Crippen molar-refractivity contribution in [3.8, 4) is 5.75 Å². The van der Waals surface area contributed by atoms with E-state index in [1.807, 2.05) is 6.92 Å². The first-order valence-corrected chi connectivity index (χ1v) is 6.13. The highest BCUT2D eigenvalue weighted by molar-refractivity contribution is 6.63. The third-order valence-corrected chi connectivity index (χ3v) is 3.06. The molecule has 0 saturated carbocycles. The van der Waals surface area contributed by atoms with E-state index in [0.717, 1.165) is 0 Å². The van der Waals surface area contributed by atoms with Crippen LogP contribution in [0, 0.1) is 0 Å². The Morgan fingerprint density at radius 1 is 1.63 bits per heavy atom. The number of halogens is 1. The van der Waals surface area contributed by atoms with E-state index in [2.05, 4.69) is 4.74 Å². The highest BCUT2D eigenvalue weighted by Gasteiger charge is 2.40. The molecular formula is C11H13BClNO5. The molecule has 3 N–H and O–H groups in total. The molecule has 0 aliphatic carbocycles. The molecule has 0 spiro atoms. The summed E-state index contributed by atoms with van der Waals surface area (Å²) in [5.41, 5.74) is 5.93. The molecule has 1 atom stereocenters. The molecule has 102 valence electrons. The first-order chi connectivity index (χ1) is 9.04. The lowest BCUT2D eigenvalue weighted by molar-refractivity contribution is 0.0840. The molecule has 6 nitrogen and oxygen atoms in total. The lowest BCUT2D eigenvalue weighted by Gasteiger charge is -2.13. The van der Waals surface area contributed by atoms with Crippen molar-refractivity contribution >= 4 is 30.3 Å². The van der Waals surface area contributed by atoms with Gasteiger partial charge in [0.25, 0.3) is 0 Å². The summed E-state index contributed by atoms with van der Waals surface area (Å²) in [7, 11) is -1.17. The first kappa shape index (κ1) is 14.0. The second kappa shape index (κ2) is 5.69. The molecule has 1 aliphatic heterocycles. The van der Waals surface area contributed by atoms with Gasteiger partial charge < -0.3 is 24.9 Å². The molecule has 1 unspecified atom stereocenters. The number of ether oxygens (including phenoxy) is 2. The van der Waals surface area contributed by atoms with Gasteiger partial charge in [-0.2, -0.15) is 0 Å². The molecular weight excluding hydrogens is 272 g/mol. The summed E-state index contributed by atoms with van der Waals surface area (Å²) in [5, 5.41) is 10.3. The monoisotopic (exact) mass is 285 g/mol. The molecule has 0 saturated heterocycles. The Kier molecular flexibility index (Phi) is 4.19. The third-order valence-electron chi connectivity index (χ3n) is 2.73. The summed E-state index contributed by atoms with van der Waals surface area (Å²) in [4.78, 5) is 10.6. The predicted molar refractivity (Wildman–Crippen MR) is 69.6 cm³/mol. The lowest BCUT2D eigenvalue weighted by atomic mass is 9.78. The van der Waals surface area contributed by atoms with E-state index in [9.17, 15) is 9.82 Å². The largest absolute Gasteiger partial charge is 0.495 e. The number of amides is 1. The summed E-state index contributed by atoms with van der Waals surface area (Å²) in [6, 6.07) is 3.30. The van der Waals surface area contributed by atoms with Crippen molar-refractivity contribution < 1.29 is 23.9 Å². The number of primary amides is 1. The average molecular weight is 285 g/mol. The summed E-state index contributed by atoms with van der Waals surface area (Å²) >= 11 is 6.10. The van der Waals surface area contributed by atoms with Crippen molar-refractivity contribution in [1.29, 1.82) is 0 Å². The van der Waals surface area contributed by atoms with Gasteiger partial charge in [-0.15, -0.1) is 0 Å². The van der Waals surface area contributed by atoms with Gasteiger partial charge in [0.2, 0.25) is 0 Å². The van der Waals surface area contributed by atoms with E-state index in [-0.39, 0.29) is 6.61 Å². The highest BCUT2D eigenvalue weighted by atomic mass is 35.5. The molecule has 1 aromatic carbocycles. The SMILES string of the molecule is CCOc1ccc(Cl)c2c1B(O)OC2COC(N)=O. The fraction of sp³-hybridized carbons (Fsp3) is 0.364. The smallest absolute Gasteiger partial charge is 0.494 e. The standard InChI is InChI=1S/C11H13BClNO5/c1-2-17-7-4-3-6(13)9-8(5-18-11(14)15)19-12(16)10(7)9/h3-4,8,16H,2,5H2,1H3,(H2,14,15). The molecule has 0 bridgehead atoms. The van der Waals surface area contributed by atoms with Crippen LogP contribution < -0.4 is 15.9 Å². The number of hydrogen-bond acceptors (Lipinski definition) is 5. The lowest BCUT2D eigenvalue weighted by Crippen LogP contribution is -2.30. The van der Waals surface area contributed by atoms with E-state index >= 15 is 0 Å². The summed E-state index contributed by atoms with van der Waals surface area (Å²) in [6.07, 6.45) is -1.57. The second-order valence-electron chi connectivity index (χ2n) is 3.91. The Balaban J connectivity index is 2.34. The highest BCUT2D eigenvalue weighted by Crippen LogP contribution is 2.33. The molecule has 8 heteroatoms. The van der Waals surface area contributed by atoms with Crippen LogP contribution in [0.25, 0.3) is 0 Å². The Labute approximate surface area is 115 Å². The van der Waals surface area contributed by atoms with Crippen molar-refractivity contribution in [3.05, 3.63) is 22.7 Å². The van der Waals surface area contributed by atoms with Crippen molar-refractivity contribution in [1.82, 2.24) is 0 Å². The van der Waals surface area contributed by atoms with Crippen LogP contribution in [-0.2, 0) is 9.39 Å². The average Bonchev–Trinajstić information content (AvgIpc) is 2.69. The number of carbonyl (C=O) groups excluding carboxylic acids is 1. The van der Waals surface area contributed by atoms with Gasteiger partial charge in [-0.25, -0.2) is 4.79 Å². The normalized spacial score (nSPS) is 17.2. The van der Waals surface area contributed by atoms with Crippen molar-refractivity contribution in [2.45, 2.75) is 13.0 Å². The van der Waals surface area contributed by atoms with E-state index in [1.54, 1.807) is 12.1 Å². The van der Waals surface area contributed by atoms with Crippen molar-refractivity contribution in [2.24, 2.45) is 5.73 Å². The number of rotatable bonds is 4. The van der Waals surface area contributed by atoms with Crippen molar-refractivity contribution in [2.75, 3.05) is 13.2 Å². The van der Waals surface area contributed by atoms with Crippen molar-refractivity contribution in [3.63, 3.8) is 0 Å². The molecule has 1 amide bonds. The Bertz CT molecular complexity index is 498. The summed E-state index contributed by atoms with van der Waals surface area (Å²) in [6.45, 7) is 2.16. The molecule has 2 rings (SSSR count). The van der Waals surface area contributed by atoms with Gasteiger partial charge in [0.15, 0.2) is 0 Å². The minimum Gasteiger partial charge on any atom is -0.494 e. The van der Waals surface area contributed by atoms with Crippen LogP contribution in [-0.4, -0.2) is 31.4 Å². The van der Waals surface area contributed by atoms with Gasteiger partial charge in [-0.05, 0) is 19.1 Å². The van der Waals surface area contributed by atoms with Gasteiger partial charge in [-0.3, -0.25) is 0 Å². The summed E-state index contributed by atoms with van der Waals surface area (Å²) < 4.78 is 15.4. The zero-order valence-corrected chi connectivity index (χ0v) is 11.0. The fourth-order valence-electron chi connectivity index (χ4n) is 2.03. The van der Waals surface area contributed by atoms with Gasteiger partial charge in [-0.1, -0.05) is 11.6 Å². The molecule has 19 heavy (non-hydrogen) atoms. The van der Waals surface area contributed by atoms with Gasteiger partial charge >= 0.3 is 13.2 Å². The zero-order chi connectivity index (χ0) is 14.0. The van der Waals surface area contributed by atoms with Gasteiger partial charge in [0, 0.05) is 16.0 Å². The van der Waals surface area contributed by atoms with E-state index in [4.69, 9.17) is 26.7 Å². The van der Waals surface area contributed by atoms with E-state index in [1.165, 1.54) is 0 Å². The maximum atomic E-state index is 10.6. The Morgan fingerprint density at radius 2 is 2.37 bits per heavy atom. The van der Waals surface area contributed by atoms with Crippen LogP contribution in [0.5, 0.6) is 5.75 Å². The van der Waals surface area contributed by atoms with E-state index in [0.29, 0.717) is 28.4 Å². The fourth-order valence-corrected chi connectivity index (χ4v) is 2.31. The number of nitrogens with two attached hydrogens (primary N) is 1. The quantitative estimate of drug-likeness (QED) is 0.790. The minimum atomic E-state index is -1.17. The molecule has 0 radical (unpaired) electrons. The second-order valence-corrected chi connectivity index (χ2v) is 4.32. The third kappa shape index (κ3) is 2.78. The predicted octanol–water partition coefficient (Wildman–Crippen LogP) is 0.593. The minimum absolute atomic E-state index is 0.116. The van der Waals surface area contributed by atoms with Gasteiger partial charge in [0.1, 0.15) is 18.5 Å². The molecule has 1 aromatic rings. The maximum absolute atomic E-state index is 10.6. The number of hydrogen-bond donors (Lipinski definition) is 2.